The molecule has 2 N–H and O–H groups in total. The van der Waals surface area contributed by atoms with Crippen molar-refractivity contribution >= 4 is 5.91 Å². The van der Waals surface area contributed by atoms with Gasteiger partial charge in [0.05, 0.1) is 22.6 Å². The van der Waals surface area contributed by atoms with E-state index in [0.29, 0.717) is 12.1 Å². The van der Waals surface area contributed by atoms with E-state index in [1.54, 1.807) is 18.2 Å². The maximum Gasteiger partial charge on any atom is 0.230 e. The summed E-state index contributed by atoms with van der Waals surface area (Å²) in [4.78, 5) is 12.6. The van der Waals surface area contributed by atoms with Crippen LogP contribution in [0, 0.1) is 11.3 Å². The van der Waals surface area contributed by atoms with Crippen LogP contribution >= 0.6 is 0 Å². The Labute approximate surface area is 138 Å². The number of aliphatic hydroxyl groups is 1. The average molecular weight is 314 g/mol. The van der Waals surface area contributed by atoms with E-state index in [1.807, 2.05) is 19.9 Å². The molecule has 1 aliphatic rings. The number of amides is 1. The van der Waals surface area contributed by atoms with Gasteiger partial charge in [-0.15, -0.1) is 0 Å². The van der Waals surface area contributed by atoms with Crippen LogP contribution in [0.2, 0.25) is 0 Å². The molecule has 0 heterocycles. The molecule has 0 saturated heterocycles. The highest BCUT2D eigenvalue weighted by atomic mass is 16.3. The molecule has 0 atom stereocenters. The molecule has 1 fully saturated rings. The maximum absolute atomic E-state index is 12.6. The van der Waals surface area contributed by atoms with Crippen molar-refractivity contribution in [2.45, 2.75) is 63.4 Å². The van der Waals surface area contributed by atoms with E-state index >= 15 is 0 Å². The molecular weight excluding hydrogens is 288 g/mol. The molecule has 0 aliphatic heterocycles. The fourth-order valence-corrected chi connectivity index (χ4v) is 3.14. The Morgan fingerprint density at radius 2 is 1.96 bits per heavy atom. The minimum Gasteiger partial charge on any atom is -0.388 e. The molecule has 124 valence electrons. The Hall–Kier alpha value is -1.86. The van der Waals surface area contributed by atoms with Gasteiger partial charge in [-0.3, -0.25) is 4.79 Å². The predicted octanol–water partition coefficient (Wildman–Crippen LogP) is 3.04. The number of rotatable bonds is 4. The Balaban J connectivity index is 2.05. The lowest BCUT2D eigenvalue weighted by Crippen LogP contribution is -2.48. The van der Waals surface area contributed by atoms with E-state index in [4.69, 9.17) is 5.26 Å². The summed E-state index contributed by atoms with van der Waals surface area (Å²) in [5, 5.41) is 22.6. The Morgan fingerprint density at radius 3 is 2.57 bits per heavy atom. The number of carbonyl (C=O) groups is 1. The zero-order chi connectivity index (χ0) is 16.9. The topological polar surface area (TPSA) is 73.1 Å². The van der Waals surface area contributed by atoms with Crippen molar-refractivity contribution in [3.8, 4) is 6.07 Å². The second-order valence-electron chi connectivity index (χ2n) is 7.14. The van der Waals surface area contributed by atoms with Crippen LogP contribution in [0.5, 0.6) is 0 Å². The van der Waals surface area contributed by atoms with Crippen molar-refractivity contribution in [1.29, 1.82) is 5.26 Å². The first-order valence-electron chi connectivity index (χ1n) is 8.39. The number of nitrogens with zero attached hydrogens (tertiary/aromatic N) is 1. The molecule has 1 aromatic rings. The Bertz CT molecular complexity index is 594. The molecule has 1 amide bonds. The number of nitrogens with one attached hydrogen (secondary N) is 1. The van der Waals surface area contributed by atoms with Crippen molar-refractivity contribution in [2.75, 3.05) is 6.54 Å². The third-order valence-electron chi connectivity index (χ3n) is 4.89. The van der Waals surface area contributed by atoms with Crippen molar-refractivity contribution < 1.29 is 9.90 Å². The molecule has 23 heavy (non-hydrogen) atoms. The summed E-state index contributed by atoms with van der Waals surface area (Å²) in [5.74, 6) is -0.120. The fourth-order valence-electron chi connectivity index (χ4n) is 3.14. The van der Waals surface area contributed by atoms with Crippen molar-refractivity contribution in [3.05, 3.63) is 35.4 Å². The number of hydrogen-bond donors (Lipinski definition) is 2. The van der Waals surface area contributed by atoms with Crippen LogP contribution in [0.1, 0.15) is 63.5 Å². The van der Waals surface area contributed by atoms with Crippen LogP contribution < -0.4 is 5.32 Å². The summed E-state index contributed by atoms with van der Waals surface area (Å²) in [5.41, 5.74) is -0.169. The van der Waals surface area contributed by atoms with Crippen molar-refractivity contribution in [1.82, 2.24) is 5.32 Å². The van der Waals surface area contributed by atoms with Gasteiger partial charge in [-0.2, -0.15) is 5.26 Å². The van der Waals surface area contributed by atoms with Crippen molar-refractivity contribution in [2.24, 2.45) is 0 Å². The average Bonchev–Trinajstić information content (AvgIpc) is 2.77. The zero-order valence-corrected chi connectivity index (χ0v) is 14.1. The van der Waals surface area contributed by atoms with Gasteiger partial charge in [0.15, 0.2) is 0 Å². The summed E-state index contributed by atoms with van der Waals surface area (Å²) in [7, 11) is 0. The molecule has 4 nitrogen and oxygen atoms in total. The molecule has 0 spiro atoms. The molecular formula is C19H26N2O2. The van der Waals surface area contributed by atoms with Crippen LogP contribution in [0.15, 0.2) is 24.3 Å². The van der Waals surface area contributed by atoms with Crippen LogP contribution in [0.3, 0.4) is 0 Å². The van der Waals surface area contributed by atoms with Crippen LogP contribution in [0.4, 0.5) is 0 Å². The molecule has 0 bridgehead atoms. The van der Waals surface area contributed by atoms with Gasteiger partial charge in [-0.1, -0.05) is 37.8 Å². The standard InChI is InChI=1S/C19H26N2O2/c1-18(2,16-9-7-8-15(12-16)13-20)17(22)21-14-19(23)10-5-3-4-6-11-19/h7-9,12,23H,3-6,10-11,14H2,1-2H3,(H,21,22). The summed E-state index contributed by atoms with van der Waals surface area (Å²) in [6.45, 7) is 3.99. The van der Waals surface area contributed by atoms with Gasteiger partial charge in [0.2, 0.25) is 5.91 Å². The summed E-state index contributed by atoms with van der Waals surface area (Å²) in [6, 6.07) is 9.24. The summed E-state index contributed by atoms with van der Waals surface area (Å²) in [6.07, 6.45) is 5.83. The van der Waals surface area contributed by atoms with E-state index < -0.39 is 11.0 Å². The highest BCUT2D eigenvalue weighted by Gasteiger charge is 2.33. The quantitative estimate of drug-likeness (QED) is 0.839. The molecule has 1 aromatic carbocycles. The summed E-state index contributed by atoms with van der Waals surface area (Å²) >= 11 is 0. The first kappa shape index (κ1) is 17.5. The van der Waals surface area contributed by atoms with Crippen LogP contribution in [-0.2, 0) is 10.2 Å². The third-order valence-corrected chi connectivity index (χ3v) is 4.89. The lowest BCUT2D eigenvalue weighted by atomic mass is 9.82. The van der Waals surface area contributed by atoms with E-state index in [2.05, 4.69) is 11.4 Å². The largest absolute Gasteiger partial charge is 0.388 e. The number of hydrogen-bond acceptors (Lipinski definition) is 3. The van der Waals surface area contributed by atoms with Crippen molar-refractivity contribution in [3.63, 3.8) is 0 Å². The minimum atomic E-state index is -0.781. The third kappa shape index (κ3) is 4.33. The lowest BCUT2D eigenvalue weighted by Gasteiger charge is -2.30. The van der Waals surface area contributed by atoms with E-state index in [1.165, 1.54) is 0 Å². The van der Waals surface area contributed by atoms with Gasteiger partial charge in [0, 0.05) is 6.54 Å². The van der Waals surface area contributed by atoms with E-state index in [0.717, 1.165) is 44.1 Å². The maximum atomic E-state index is 12.6. The molecule has 1 saturated carbocycles. The zero-order valence-electron chi connectivity index (χ0n) is 14.1. The van der Waals surface area contributed by atoms with Gasteiger partial charge in [0.1, 0.15) is 0 Å². The van der Waals surface area contributed by atoms with E-state index in [-0.39, 0.29) is 5.91 Å². The smallest absolute Gasteiger partial charge is 0.230 e. The monoisotopic (exact) mass is 314 g/mol. The first-order valence-corrected chi connectivity index (χ1v) is 8.39. The second-order valence-corrected chi connectivity index (χ2v) is 7.14. The molecule has 0 radical (unpaired) electrons. The minimum absolute atomic E-state index is 0.120. The number of nitriles is 1. The predicted molar refractivity (Wildman–Crippen MR) is 89.8 cm³/mol. The second kappa shape index (κ2) is 7.14. The van der Waals surface area contributed by atoms with Gasteiger partial charge >= 0.3 is 0 Å². The van der Waals surface area contributed by atoms with Gasteiger partial charge in [-0.25, -0.2) is 0 Å². The Morgan fingerprint density at radius 1 is 1.30 bits per heavy atom. The normalized spacial score (nSPS) is 17.8. The highest BCUT2D eigenvalue weighted by molar-refractivity contribution is 5.87. The number of carbonyl (C=O) groups excluding carboxylic acids is 1. The lowest BCUT2D eigenvalue weighted by molar-refractivity contribution is -0.127. The van der Waals surface area contributed by atoms with Crippen LogP contribution in [-0.4, -0.2) is 23.2 Å². The van der Waals surface area contributed by atoms with Crippen LogP contribution in [0.25, 0.3) is 0 Å². The molecule has 0 unspecified atom stereocenters. The Kier molecular flexibility index (Phi) is 5.43. The van der Waals surface area contributed by atoms with E-state index in [9.17, 15) is 9.90 Å². The molecule has 0 aromatic heterocycles. The number of benzene rings is 1. The van der Waals surface area contributed by atoms with Gasteiger partial charge in [0.25, 0.3) is 0 Å². The molecule has 1 aliphatic carbocycles. The first-order chi connectivity index (χ1) is 10.9. The highest BCUT2D eigenvalue weighted by Crippen LogP contribution is 2.28. The molecule has 2 rings (SSSR count). The van der Waals surface area contributed by atoms with Gasteiger partial charge in [-0.05, 0) is 44.4 Å². The fraction of sp³-hybridized carbons (Fsp3) is 0.579. The summed E-state index contributed by atoms with van der Waals surface area (Å²) < 4.78 is 0. The van der Waals surface area contributed by atoms with Gasteiger partial charge < -0.3 is 10.4 Å². The molecule has 4 heteroatoms. The SMILES string of the molecule is CC(C)(C(=O)NCC1(O)CCCCCC1)c1cccc(C#N)c1.